The summed E-state index contributed by atoms with van der Waals surface area (Å²) in [7, 11) is 0. The number of hydrogen-bond donors (Lipinski definition) is 1. The minimum Gasteiger partial charge on any atom is -0.396 e. The SMILES string of the molecule is Nc1c(-c2nc(-c3cccc([N+](=O)[O-])c3)cs2)c2ccccn2c1C(=O)c1ccccc1. The lowest BCUT2D eigenvalue weighted by atomic mass is 10.1. The highest BCUT2D eigenvalue weighted by atomic mass is 32.1. The maximum Gasteiger partial charge on any atom is 0.270 e. The Hall–Kier alpha value is -4.30. The van der Waals surface area contributed by atoms with Gasteiger partial charge in [-0.15, -0.1) is 11.3 Å². The first-order valence-electron chi connectivity index (χ1n) is 9.73. The van der Waals surface area contributed by atoms with E-state index in [-0.39, 0.29) is 11.5 Å². The van der Waals surface area contributed by atoms with Crippen molar-refractivity contribution in [2.45, 2.75) is 0 Å². The Labute approximate surface area is 186 Å². The van der Waals surface area contributed by atoms with Gasteiger partial charge in [0.25, 0.3) is 5.69 Å². The van der Waals surface area contributed by atoms with E-state index in [1.54, 1.807) is 34.9 Å². The maximum atomic E-state index is 13.3. The Balaban J connectivity index is 1.65. The number of pyridine rings is 1. The quantitative estimate of drug-likeness (QED) is 0.222. The second kappa shape index (κ2) is 7.75. The highest BCUT2D eigenvalue weighted by Gasteiger charge is 2.25. The van der Waals surface area contributed by atoms with Gasteiger partial charge in [-0.3, -0.25) is 14.9 Å². The number of anilines is 1. The third kappa shape index (κ3) is 3.23. The van der Waals surface area contributed by atoms with Crippen LogP contribution in [0.3, 0.4) is 0 Å². The molecule has 2 aromatic carbocycles. The van der Waals surface area contributed by atoms with E-state index in [4.69, 9.17) is 10.7 Å². The molecule has 5 rings (SSSR count). The fourth-order valence-electron chi connectivity index (χ4n) is 3.71. The Morgan fingerprint density at radius 2 is 1.81 bits per heavy atom. The number of ketones is 1. The van der Waals surface area contributed by atoms with E-state index in [9.17, 15) is 14.9 Å². The summed E-state index contributed by atoms with van der Waals surface area (Å²) in [6.07, 6.45) is 1.81. The van der Waals surface area contributed by atoms with Gasteiger partial charge < -0.3 is 10.1 Å². The standard InChI is InChI=1S/C24H16N4O3S/c25-21-20(24-26-18(14-32-24)16-9-6-10-17(13-16)28(30)31)19-11-4-5-12-27(19)22(21)23(29)15-7-2-1-3-8-15/h1-14H,25H2. The Kier molecular flexibility index (Phi) is 4.76. The van der Waals surface area contributed by atoms with E-state index in [1.807, 2.05) is 41.8 Å². The number of non-ortho nitro benzene ring substituents is 1. The third-order valence-electron chi connectivity index (χ3n) is 5.20. The first-order chi connectivity index (χ1) is 15.5. The molecule has 0 aliphatic heterocycles. The summed E-state index contributed by atoms with van der Waals surface area (Å²) in [6, 6.07) is 20.9. The summed E-state index contributed by atoms with van der Waals surface area (Å²) in [6.45, 7) is 0. The molecule has 2 N–H and O–H groups in total. The normalized spacial score (nSPS) is 11.0. The van der Waals surface area contributed by atoms with Crippen molar-refractivity contribution in [3.63, 3.8) is 0 Å². The van der Waals surface area contributed by atoms with Crippen LogP contribution >= 0.6 is 11.3 Å². The molecule has 0 amide bonds. The van der Waals surface area contributed by atoms with Crippen LogP contribution in [-0.2, 0) is 0 Å². The molecule has 0 fully saturated rings. The summed E-state index contributed by atoms with van der Waals surface area (Å²) < 4.78 is 1.79. The molecule has 0 saturated heterocycles. The molecule has 0 saturated carbocycles. The summed E-state index contributed by atoms with van der Waals surface area (Å²) in [5.41, 5.74) is 10.5. The van der Waals surface area contributed by atoms with E-state index >= 15 is 0 Å². The monoisotopic (exact) mass is 440 g/mol. The number of nitrogens with two attached hydrogens (primary N) is 1. The van der Waals surface area contributed by atoms with Gasteiger partial charge in [0.1, 0.15) is 10.7 Å². The average molecular weight is 440 g/mol. The maximum absolute atomic E-state index is 13.3. The molecule has 3 aromatic heterocycles. The number of fused-ring (bicyclic) bond motifs is 1. The average Bonchev–Trinajstić information content (AvgIpc) is 3.41. The molecule has 3 heterocycles. The van der Waals surface area contributed by atoms with Gasteiger partial charge in [0.05, 0.1) is 27.4 Å². The number of nitro groups is 1. The van der Waals surface area contributed by atoms with Crippen molar-refractivity contribution in [1.29, 1.82) is 0 Å². The van der Waals surface area contributed by atoms with Crippen molar-refractivity contribution in [2.24, 2.45) is 0 Å². The summed E-state index contributed by atoms with van der Waals surface area (Å²) in [5, 5.41) is 13.6. The van der Waals surface area contributed by atoms with Crippen molar-refractivity contribution in [3.8, 4) is 21.8 Å². The van der Waals surface area contributed by atoms with E-state index in [2.05, 4.69) is 0 Å². The molecule has 0 spiro atoms. The topological polar surface area (TPSA) is 104 Å². The predicted molar refractivity (Wildman–Crippen MR) is 125 cm³/mol. The smallest absolute Gasteiger partial charge is 0.270 e. The van der Waals surface area contributed by atoms with Gasteiger partial charge in [-0.2, -0.15) is 0 Å². The number of hydrogen-bond acceptors (Lipinski definition) is 6. The molecule has 0 radical (unpaired) electrons. The molecule has 156 valence electrons. The van der Waals surface area contributed by atoms with Crippen LogP contribution in [0.1, 0.15) is 16.1 Å². The lowest BCUT2D eigenvalue weighted by Crippen LogP contribution is -2.07. The van der Waals surface area contributed by atoms with Crippen LogP contribution in [-0.4, -0.2) is 20.1 Å². The molecule has 0 unspecified atom stereocenters. The molecular formula is C24H16N4O3S. The van der Waals surface area contributed by atoms with Crippen LogP contribution in [0.2, 0.25) is 0 Å². The molecule has 8 heteroatoms. The van der Waals surface area contributed by atoms with Crippen LogP contribution in [0.5, 0.6) is 0 Å². The van der Waals surface area contributed by atoms with Crippen LogP contribution in [0.4, 0.5) is 11.4 Å². The number of rotatable bonds is 5. The molecule has 5 aromatic rings. The summed E-state index contributed by atoms with van der Waals surface area (Å²) in [5.74, 6) is -0.175. The number of aromatic nitrogens is 2. The number of nitro benzene ring substituents is 1. The number of nitrogen functional groups attached to an aromatic ring is 1. The van der Waals surface area contributed by atoms with Gasteiger partial charge in [0.15, 0.2) is 0 Å². The zero-order valence-electron chi connectivity index (χ0n) is 16.6. The molecule has 0 atom stereocenters. The number of benzene rings is 2. The predicted octanol–water partition coefficient (Wildman–Crippen LogP) is 5.45. The minimum atomic E-state index is -0.433. The largest absolute Gasteiger partial charge is 0.396 e. The van der Waals surface area contributed by atoms with Crippen molar-refractivity contribution < 1.29 is 9.72 Å². The summed E-state index contributed by atoms with van der Waals surface area (Å²) >= 11 is 1.38. The second-order valence-electron chi connectivity index (χ2n) is 7.13. The first-order valence-corrected chi connectivity index (χ1v) is 10.6. The number of nitrogens with zero attached hydrogens (tertiary/aromatic N) is 3. The molecule has 0 bridgehead atoms. The van der Waals surface area contributed by atoms with E-state index < -0.39 is 4.92 Å². The van der Waals surface area contributed by atoms with Gasteiger partial charge in [-0.1, -0.05) is 48.5 Å². The zero-order valence-corrected chi connectivity index (χ0v) is 17.5. The fourth-order valence-corrected chi connectivity index (χ4v) is 4.61. The van der Waals surface area contributed by atoms with Gasteiger partial charge in [-0.25, -0.2) is 4.98 Å². The van der Waals surface area contributed by atoms with Gasteiger partial charge in [0.2, 0.25) is 5.78 Å². The molecular weight excluding hydrogens is 424 g/mol. The Morgan fingerprint density at radius 3 is 2.59 bits per heavy atom. The molecule has 0 aliphatic carbocycles. The number of thiazole rings is 1. The first kappa shape index (κ1) is 19.7. The van der Waals surface area contributed by atoms with Crippen molar-refractivity contribution in [3.05, 3.63) is 106 Å². The van der Waals surface area contributed by atoms with Gasteiger partial charge >= 0.3 is 0 Å². The molecule has 32 heavy (non-hydrogen) atoms. The van der Waals surface area contributed by atoms with Gasteiger partial charge in [0, 0.05) is 34.8 Å². The summed E-state index contributed by atoms with van der Waals surface area (Å²) in [4.78, 5) is 28.7. The second-order valence-corrected chi connectivity index (χ2v) is 7.99. The van der Waals surface area contributed by atoms with Gasteiger partial charge in [-0.05, 0) is 12.1 Å². The number of carbonyl (C=O) groups is 1. The fraction of sp³-hybridized carbons (Fsp3) is 0. The molecule has 0 aliphatic rings. The van der Waals surface area contributed by atoms with E-state index in [0.717, 1.165) is 5.52 Å². The van der Waals surface area contributed by atoms with E-state index in [0.29, 0.717) is 38.8 Å². The minimum absolute atomic E-state index is 0.00150. The van der Waals surface area contributed by atoms with Crippen molar-refractivity contribution >= 4 is 34.0 Å². The lowest BCUT2D eigenvalue weighted by Gasteiger charge is -2.03. The highest BCUT2D eigenvalue weighted by Crippen LogP contribution is 2.39. The Morgan fingerprint density at radius 1 is 1.03 bits per heavy atom. The van der Waals surface area contributed by atoms with Crippen LogP contribution in [0.15, 0.2) is 84.4 Å². The van der Waals surface area contributed by atoms with Crippen LogP contribution in [0.25, 0.3) is 27.3 Å². The van der Waals surface area contributed by atoms with Crippen LogP contribution < -0.4 is 5.73 Å². The van der Waals surface area contributed by atoms with Crippen molar-refractivity contribution in [1.82, 2.24) is 9.38 Å². The van der Waals surface area contributed by atoms with E-state index in [1.165, 1.54) is 23.5 Å². The lowest BCUT2D eigenvalue weighted by molar-refractivity contribution is -0.384. The highest BCUT2D eigenvalue weighted by molar-refractivity contribution is 7.13. The van der Waals surface area contributed by atoms with Crippen LogP contribution in [0, 0.1) is 10.1 Å². The molecule has 7 nitrogen and oxygen atoms in total. The zero-order chi connectivity index (χ0) is 22.2. The van der Waals surface area contributed by atoms with Crippen molar-refractivity contribution in [2.75, 3.05) is 5.73 Å². The third-order valence-corrected chi connectivity index (χ3v) is 6.06. The number of carbonyl (C=O) groups excluding carboxylic acids is 1. The Bertz CT molecular complexity index is 1490.